The maximum absolute atomic E-state index is 12.2. The van der Waals surface area contributed by atoms with Gasteiger partial charge in [-0.05, 0) is 44.0 Å². The number of anilines is 2. The monoisotopic (exact) mass is 326 g/mol. The zero-order chi connectivity index (χ0) is 17.5. The average Bonchev–Trinajstić information content (AvgIpc) is 2.55. The minimum absolute atomic E-state index is 0.114. The molecule has 24 heavy (non-hydrogen) atoms. The number of nitrogens with one attached hydrogen (secondary N) is 2. The fourth-order valence-corrected chi connectivity index (χ4v) is 2.44. The second-order valence-electron chi connectivity index (χ2n) is 5.43. The Morgan fingerprint density at radius 3 is 2.33 bits per heavy atom. The number of ether oxygens (including phenoxy) is 1. The Bertz CT molecular complexity index is 721. The Morgan fingerprint density at radius 2 is 1.67 bits per heavy atom. The van der Waals surface area contributed by atoms with E-state index >= 15 is 0 Å². The molecule has 0 saturated carbocycles. The number of para-hydroxylation sites is 2. The molecule has 126 valence electrons. The molecule has 0 aliphatic carbocycles. The van der Waals surface area contributed by atoms with Crippen molar-refractivity contribution in [3.8, 4) is 0 Å². The molecule has 1 amide bonds. The van der Waals surface area contributed by atoms with Gasteiger partial charge in [-0.3, -0.25) is 4.79 Å². The Hall–Kier alpha value is -2.82. The third-order valence-electron chi connectivity index (χ3n) is 3.60. The lowest BCUT2D eigenvalue weighted by Crippen LogP contribution is -2.23. The molecule has 0 saturated heterocycles. The van der Waals surface area contributed by atoms with Crippen LogP contribution >= 0.6 is 0 Å². The summed E-state index contributed by atoms with van der Waals surface area (Å²) in [4.78, 5) is 24.1. The molecule has 2 N–H and O–H groups in total. The molecule has 0 atom stereocenters. The summed E-state index contributed by atoms with van der Waals surface area (Å²) in [5.41, 5.74) is 3.90. The number of amides is 1. The lowest BCUT2D eigenvalue weighted by Gasteiger charge is -2.14. The third kappa shape index (κ3) is 4.35. The molecule has 0 unspecified atom stereocenters. The fraction of sp³-hybridized carbons (Fsp3) is 0.263. The van der Waals surface area contributed by atoms with Crippen molar-refractivity contribution in [3.05, 3.63) is 59.2 Å². The molecule has 0 bridgehead atoms. The van der Waals surface area contributed by atoms with Gasteiger partial charge in [-0.1, -0.05) is 30.3 Å². The number of benzene rings is 2. The first-order valence-corrected chi connectivity index (χ1v) is 7.89. The lowest BCUT2D eigenvalue weighted by molar-refractivity contribution is -0.114. The molecule has 0 radical (unpaired) electrons. The van der Waals surface area contributed by atoms with Gasteiger partial charge < -0.3 is 15.4 Å². The number of rotatable bonds is 6. The van der Waals surface area contributed by atoms with Crippen LogP contribution in [-0.2, 0) is 9.53 Å². The van der Waals surface area contributed by atoms with Crippen LogP contribution in [0.5, 0.6) is 0 Å². The van der Waals surface area contributed by atoms with E-state index in [1.165, 1.54) is 0 Å². The standard InChI is InChI=1S/C19H22N2O3/c1-4-24-19(23)15-10-5-6-11-16(15)21-17(22)12-20-18-13(2)8-7-9-14(18)3/h5-11,20H,4,12H2,1-3H3,(H,21,22). The Balaban J connectivity index is 2.04. The minimum Gasteiger partial charge on any atom is -0.462 e. The van der Waals surface area contributed by atoms with Gasteiger partial charge in [-0.2, -0.15) is 0 Å². The van der Waals surface area contributed by atoms with Crippen LogP contribution in [0.2, 0.25) is 0 Å². The molecule has 0 heterocycles. The van der Waals surface area contributed by atoms with E-state index in [1.807, 2.05) is 32.0 Å². The molecule has 0 fully saturated rings. The van der Waals surface area contributed by atoms with Crippen LogP contribution in [0.4, 0.5) is 11.4 Å². The van der Waals surface area contributed by atoms with E-state index in [0.717, 1.165) is 16.8 Å². The lowest BCUT2D eigenvalue weighted by atomic mass is 10.1. The summed E-state index contributed by atoms with van der Waals surface area (Å²) in [6.45, 7) is 6.12. The summed E-state index contributed by atoms with van der Waals surface area (Å²) >= 11 is 0. The van der Waals surface area contributed by atoms with Gasteiger partial charge in [-0.15, -0.1) is 0 Å². The van der Waals surface area contributed by atoms with Gasteiger partial charge >= 0.3 is 5.97 Å². The molecule has 0 aliphatic heterocycles. The van der Waals surface area contributed by atoms with Crippen molar-refractivity contribution in [2.24, 2.45) is 0 Å². The molecule has 2 aromatic rings. The maximum Gasteiger partial charge on any atom is 0.340 e. The van der Waals surface area contributed by atoms with Crippen LogP contribution in [0.3, 0.4) is 0 Å². The Kier molecular flexibility index (Phi) is 5.95. The third-order valence-corrected chi connectivity index (χ3v) is 3.60. The van der Waals surface area contributed by atoms with E-state index in [0.29, 0.717) is 11.3 Å². The first-order chi connectivity index (χ1) is 11.5. The zero-order valence-corrected chi connectivity index (χ0v) is 14.2. The van der Waals surface area contributed by atoms with E-state index in [1.54, 1.807) is 31.2 Å². The topological polar surface area (TPSA) is 67.4 Å². The molecule has 2 rings (SSSR count). The van der Waals surface area contributed by atoms with E-state index in [9.17, 15) is 9.59 Å². The van der Waals surface area contributed by atoms with Gasteiger partial charge in [0.2, 0.25) is 5.91 Å². The highest BCUT2D eigenvalue weighted by atomic mass is 16.5. The largest absolute Gasteiger partial charge is 0.462 e. The fourth-order valence-electron chi connectivity index (χ4n) is 2.44. The first kappa shape index (κ1) is 17.5. The number of carbonyl (C=O) groups excluding carboxylic acids is 2. The second kappa shape index (κ2) is 8.15. The highest BCUT2D eigenvalue weighted by Gasteiger charge is 2.14. The molecule has 0 spiro atoms. The number of carbonyl (C=O) groups is 2. The second-order valence-corrected chi connectivity index (χ2v) is 5.43. The summed E-state index contributed by atoms with van der Waals surface area (Å²) < 4.78 is 5.01. The summed E-state index contributed by atoms with van der Waals surface area (Å²) in [5.74, 6) is -0.675. The number of esters is 1. The van der Waals surface area contributed by atoms with E-state index in [4.69, 9.17) is 4.74 Å². The highest BCUT2D eigenvalue weighted by Crippen LogP contribution is 2.19. The van der Waals surface area contributed by atoms with Crippen molar-refractivity contribution in [2.75, 3.05) is 23.8 Å². The smallest absolute Gasteiger partial charge is 0.340 e. The molecule has 0 aliphatic rings. The summed E-state index contributed by atoms with van der Waals surface area (Å²) in [7, 11) is 0. The van der Waals surface area contributed by atoms with Gasteiger partial charge in [0.15, 0.2) is 0 Å². The van der Waals surface area contributed by atoms with Crippen LogP contribution in [0.15, 0.2) is 42.5 Å². The predicted octanol–water partition coefficient (Wildman–Crippen LogP) is 3.53. The van der Waals surface area contributed by atoms with Crippen LogP contribution in [-0.4, -0.2) is 25.0 Å². The van der Waals surface area contributed by atoms with Crippen LogP contribution in [0.1, 0.15) is 28.4 Å². The van der Waals surface area contributed by atoms with Gasteiger partial charge in [0.05, 0.1) is 24.4 Å². The van der Waals surface area contributed by atoms with E-state index < -0.39 is 5.97 Å². The van der Waals surface area contributed by atoms with Gasteiger partial charge in [0.1, 0.15) is 0 Å². The van der Waals surface area contributed by atoms with Crippen molar-refractivity contribution in [3.63, 3.8) is 0 Å². The molecular formula is C19H22N2O3. The number of aryl methyl sites for hydroxylation is 2. The quantitative estimate of drug-likeness (QED) is 0.797. The maximum atomic E-state index is 12.2. The van der Waals surface area contributed by atoms with Gasteiger partial charge in [0, 0.05) is 5.69 Å². The minimum atomic E-state index is -0.448. The Labute approximate surface area is 142 Å². The summed E-state index contributed by atoms with van der Waals surface area (Å²) in [6.07, 6.45) is 0. The van der Waals surface area contributed by atoms with E-state index in [-0.39, 0.29) is 19.1 Å². The molecule has 0 aromatic heterocycles. The molecule has 5 heteroatoms. The number of hydrogen-bond acceptors (Lipinski definition) is 4. The average molecular weight is 326 g/mol. The molecule has 5 nitrogen and oxygen atoms in total. The van der Waals surface area contributed by atoms with Crippen LogP contribution < -0.4 is 10.6 Å². The first-order valence-electron chi connectivity index (χ1n) is 7.89. The van der Waals surface area contributed by atoms with Gasteiger partial charge in [0.25, 0.3) is 0 Å². The normalized spacial score (nSPS) is 10.1. The summed E-state index contributed by atoms with van der Waals surface area (Å²) in [5, 5.41) is 5.90. The van der Waals surface area contributed by atoms with Crippen molar-refractivity contribution < 1.29 is 14.3 Å². The molecular weight excluding hydrogens is 304 g/mol. The Morgan fingerprint density at radius 1 is 1.00 bits per heavy atom. The van der Waals surface area contributed by atoms with Crippen molar-refractivity contribution >= 4 is 23.3 Å². The van der Waals surface area contributed by atoms with Crippen LogP contribution in [0, 0.1) is 13.8 Å². The summed E-state index contributed by atoms with van der Waals surface area (Å²) in [6, 6.07) is 12.8. The van der Waals surface area contributed by atoms with Gasteiger partial charge in [-0.25, -0.2) is 4.79 Å². The van der Waals surface area contributed by atoms with Crippen molar-refractivity contribution in [1.82, 2.24) is 0 Å². The highest BCUT2D eigenvalue weighted by molar-refractivity contribution is 6.02. The van der Waals surface area contributed by atoms with Crippen molar-refractivity contribution in [1.29, 1.82) is 0 Å². The number of hydrogen-bond donors (Lipinski definition) is 2. The predicted molar refractivity (Wildman–Crippen MR) is 95.4 cm³/mol. The van der Waals surface area contributed by atoms with E-state index in [2.05, 4.69) is 10.6 Å². The van der Waals surface area contributed by atoms with Crippen LogP contribution in [0.25, 0.3) is 0 Å². The zero-order valence-electron chi connectivity index (χ0n) is 14.2. The SMILES string of the molecule is CCOC(=O)c1ccccc1NC(=O)CNc1c(C)cccc1C. The van der Waals surface area contributed by atoms with Crippen molar-refractivity contribution in [2.45, 2.75) is 20.8 Å². The molecule has 2 aromatic carbocycles.